The number of hydrogen-bond donors (Lipinski definition) is 2. The number of nitrogens with zero attached hydrogens (tertiary/aromatic N) is 1. The molecule has 2 aromatic carbocycles. The van der Waals surface area contributed by atoms with Crippen molar-refractivity contribution in [3.8, 4) is 11.5 Å². The summed E-state index contributed by atoms with van der Waals surface area (Å²) < 4.78 is 38.5. The van der Waals surface area contributed by atoms with Crippen LogP contribution in [0.3, 0.4) is 0 Å². The third kappa shape index (κ3) is 5.68. The topological polar surface area (TPSA) is 97.0 Å². The number of likely N-dealkylation sites (tertiary alicyclic amines) is 1. The van der Waals surface area contributed by atoms with Gasteiger partial charge in [-0.15, -0.1) is 0 Å². The predicted octanol–water partition coefficient (Wildman–Crippen LogP) is 3.23. The van der Waals surface area contributed by atoms with Gasteiger partial charge in [-0.3, -0.25) is 0 Å². The molecular weight excluding hydrogens is 418 g/mol. The van der Waals surface area contributed by atoms with Crippen LogP contribution in [-0.4, -0.2) is 53.2 Å². The van der Waals surface area contributed by atoms with Gasteiger partial charge in [0.05, 0.1) is 24.8 Å². The van der Waals surface area contributed by atoms with Crippen LogP contribution >= 0.6 is 0 Å². The van der Waals surface area contributed by atoms with Gasteiger partial charge in [-0.05, 0) is 61.6 Å². The summed E-state index contributed by atoms with van der Waals surface area (Å²) in [6.07, 6.45) is 1.45. The highest BCUT2D eigenvalue weighted by molar-refractivity contribution is 7.89. The van der Waals surface area contributed by atoms with E-state index in [2.05, 4.69) is 10.0 Å². The van der Waals surface area contributed by atoms with E-state index in [1.54, 1.807) is 56.4 Å². The fourth-order valence-electron chi connectivity index (χ4n) is 3.64. The normalized spacial score (nSPS) is 14.9. The van der Waals surface area contributed by atoms with Gasteiger partial charge in [0.15, 0.2) is 0 Å². The first-order valence-corrected chi connectivity index (χ1v) is 11.7. The fraction of sp³-hybridized carbons (Fsp3) is 0.409. The lowest BCUT2D eigenvalue weighted by Gasteiger charge is -2.32. The molecular formula is C22H29N3O5S. The Kier molecular flexibility index (Phi) is 7.40. The van der Waals surface area contributed by atoms with E-state index in [1.165, 1.54) is 0 Å². The first kappa shape index (κ1) is 22.9. The molecule has 0 aliphatic carbocycles. The molecule has 0 spiro atoms. The number of piperidine rings is 1. The van der Waals surface area contributed by atoms with Gasteiger partial charge in [0.25, 0.3) is 0 Å². The summed E-state index contributed by atoms with van der Waals surface area (Å²) in [6, 6.07) is 12.0. The number of carbonyl (C=O) groups excluding carboxylic acids is 1. The molecule has 3 rings (SSSR count). The van der Waals surface area contributed by atoms with Crippen LogP contribution in [0, 0.1) is 12.8 Å². The van der Waals surface area contributed by atoms with Crippen molar-refractivity contribution in [2.75, 3.05) is 39.2 Å². The van der Waals surface area contributed by atoms with Gasteiger partial charge in [-0.1, -0.05) is 12.1 Å². The molecule has 31 heavy (non-hydrogen) atoms. The summed E-state index contributed by atoms with van der Waals surface area (Å²) in [5.74, 6) is 1.40. The summed E-state index contributed by atoms with van der Waals surface area (Å²) in [7, 11) is -0.500. The van der Waals surface area contributed by atoms with Crippen LogP contribution in [-0.2, 0) is 10.0 Å². The largest absolute Gasteiger partial charge is 0.497 e. The molecule has 1 aliphatic rings. The quantitative estimate of drug-likeness (QED) is 0.679. The van der Waals surface area contributed by atoms with E-state index in [0.29, 0.717) is 42.4 Å². The highest BCUT2D eigenvalue weighted by Crippen LogP contribution is 2.25. The van der Waals surface area contributed by atoms with Crippen molar-refractivity contribution in [2.24, 2.45) is 5.92 Å². The summed E-state index contributed by atoms with van der Waals surface area (Å²) in [5, 5.41) is 2.88. The van der Waals surface area contributed by atoms with Crippen LogP contribution in [0.1, 0.15) is 18.4 Å². The Hall–Kier alpha value is -2.78. The Bertz CT molecular complexity index is 1020. The van der Waals surface area contributed by atoms with E-state index in [1.807, 2.05) is 12.1 Å². The van der Waals surface area contributed by atoms with Crippen LogP contribution in [0.2, 0.25) is 0 Å². The number of hydrogen-bond acceptors (Lipinski definition) is 5. The van der Waals surface area contributed by atoms with Crippen molar-refractivity contribution >= 4 is 21.7 Å². The first-order valence-electron chi connectivity index (χ1n) is 10.2. The molecule has 0 bridgehead atoms. The van der Waals surface area contributed by atoms with Crippen molar-refractivity contribution in [1.82, 2.24) is 9.62 Å². The van der Waals surface area contributed by atoms with Gasteiger partial charge < -0.3 is 19.7 Å². The average molecular weight is 448 g/mol. The van der Waals surface area contributed by atoms with Crippen LogP contribution in [0.4, 0.5) is 10.5 Å². The standard InChI is InChI=1S/C22H29N3O5S/c1-16-14-18(29-2)8-9-21(16)31(27,28)23-15-17-10-12-25(13-11-17)22(26)24-19-6-4-5-7-20(19)30-3/h4-9,14,17,23H,10-13,15H2,1-3H3,(H,24,26). The highest BCUT2D eigenvalue weighted by atomic mass is 32.2. The Morgan fingerprint density at radius 2 is 1.81 bits per heavy atom. The van der Waals surface area contributed by atoms with Gasteiger partial charge in [0, 0.05) is 19.6 Å². The summed E-state index contributed by atoms with van der Waals surface area (Å²) in [4.78, 5) is 14.6. The molecule has 1 heterocycles. The average Bonchev–Trinajstić information content (AvgIpc) is 2.78. The number of anilines is 1. The molecule has 0 radical (unpaired) electrons. The molecule has 2 aromatic rings. The number of urea groups is 1. The third-order valence-electron chi connectivity index (χ3n) is 5.48. The first-order chi connectivity index (χ1) is 14.8. The van der Waals surface area contributed by atoms with E-state index in [9.17, 15) is 13.2 Å². The second-order valence-corrected chi connectivity index (χ2v) is 9.28. The van der Waals surface area contributed by atoms with Crippen molar-refractivity contribution in [3.63, 3.8) is 0 Å². The monoisotopic (exact) mass is 447 g/mol. The highest BCUT2D eigenvalue weighted by Gasteiger charge is 2.25. The number of methoxy groups -OCH3 is 2. The van der Waals surface area contributed by atoms with E-state index < -0.39 is 10.0 Å². The van der Waals surface area contributed by atoms with E-state index in [-0.39, 0.29) is 16.8 Å². The number of benzene rings is 2. The van der Waals surface area contributed by atoms with Gasteiger partial charge >= 0.3 is 6.03 Å². The Balaban J connectivity index is 1.51. The molecule has 2 amide bonds. The second kappa shape index (κ2) is 10.0. The van der Waals surface area contributed by atoms with E-state index in [0.717, 1.165) is 12.8 Å². The molecule has 8 nitrogen and oxygen atoms in total. The third-order valence-corrected chi connectivity index (χ3v) is 7.07. The van der Waals surface area contributed by atoms with Crippen molar-refractivity contribution in [3.05, 3.63) is 48.0 Å². The van der Waals surface area contributed by atoms with Crippen molar-refractivity contribution < 1.29 is 22.7 Å². The molecule has 0 unspecified atom stereocenters. The minimum Gasteiger partial charge on any atom is -0.497 e. The molecule has 1 aliphatic heterocycles. The molecule has 168 valence electrons. The number of sulfonamides is 1. The number of aryl methyl sites for hydroxylation is 1. The molecule has 1 fully saturated rings. The molecule has 0 aromatic heterocycles. The molecule has 1 saturated heterocycles. The molecule has 9 heteroatoms. The van der Waals surface area contributed by atoms with Crippen LogP contribution in [0.25, 0.3) is 0 Å². The summed E-state index contributed by atoms with van der Waals surface area (Å²) in [6.45, 7) is 3.22. The van der Waals surface area contributed by atoms with Crippen LogP contribution in [0.5, 0.6) is 11.5 Å². The Labute approximate surface area is 183 Å². The number of amides is 2. The predicted molar refractivity (Wildman–Crippen MR) is 119 cm³/mol. The lowest BCUT2D eigenvalue weighted by Crippen LogP contribution is -2.43. The minimum absolute atomic E-state index is 0.170. The van der Waals surface area contributed by atoms with Crippen LogP contribution < -0.4 is 19.5 Å². The summed E-state index contributed by atoms with van der Waals surface area (Å²) in [5.41, 5.74) is 1.26. The smallest absolute Gasteiger partial charge is 0.321 e. The molecule has 0 atom stereocenters. The molecule has 2 N–H and O–H groups in total. The number of para-hydroxylation sites is 2. The number of carbonyl (C=O) groups is 1. The Morgan fingerprint density at radius 3 is 2.45 bits per heavy atom. The second-order valence-electron chi connectivity index (χ2n) is 7.54. The summed E-state index contributed by atoms with van der Waals surface area (Å²) >= 11 is 0. The van der Waals surface area contributed by atoms with E-state index >= 15 is 0 Å². The van der Waals surface area contributed by atoms with Crippen molar-refractivity contribution in [1.29, 1.82) is 0 Å². The lowest BCUT2D eigenvalue weighted by molar-refractivity contribution is 0.183. The van der Waals surface area contributed by atoms with Crippen molar-refractivity contribution in [2.45, 2.75) is 24.7 Å². The fourth-order valence-corrected chi connectivity index (χ4v) is 4.98. The maximum Gasteiger partial charge on any atom is 0.321 e. The van der Waals surface area contributed by atoms with Gasteiger partial charge in [-0.2, -0.15) is 0 Å². The zero-order valence-corrected chi connectivity index (χ0v) is 18.9. The number of ether oxygens (including phenoxy) is 2. The van der Waals surface area contributed by atoms with Gasteiger partial charge in [-0.25, -0.2) is 17.9 Å². The zero-order valence-electron chi connectivity index (χ0n) is 18.1. The van der Waals surface area contributed by atoms with E-state index in [4.69, 9.17) is 9.47 Å². The van der Waals surface area contributed by atoms with Gasteiger partial charge in [0.1, 0.15) is 11.5 Å². The SMILES string of the molecule is COc1ccc(S(=O)(=O)NCC2CCN(C(=O)Nc3ccccc3OC)CC2)c(C)c1. The zero-order chi connectivity index (χ0) is 22.4. The Morgan fingerprint density at radius 1 is 1.10 bits per heavy atom. The van der Waals surface area contributed by atoms with Gasteiger partial charge in [0.2, 0.25) is 10.0 Å². The number of nitrogens with one attached hydrogen (secondary N) is 2. The molecule has 0 saturated carbocycles. The van der Waals surface area contributed by atoms with Crippen LogP contribution in [0.15, 0.2) is 47.4 Å². The maximum atomic E-state index is 12.7. The maximum absolute atomic E-state index is 12.7. The lowest BCUT2D eigenvalue weighted by atomic mass is 9.97. The minimum atomic E-state index is -3.61. The number of rotatable bonds is 7.